The number of nitrogens with zero attached hydrogens (tertiary/aromatic N) is 2. The first-order chi connectivity index (χ1) is 18.0. The third kappa shape index (κ3) is 7.76. The van der Waals surface area contributed by atoms with Crippen molar-refractivity contribution in [1.82, 2.24) is 10.2 Å². The zero-order valence-corrected chi connectivity index (χ0v) is 24.4. The minimum absolute atomic E-state index is 0.00128. The Morgan fingerprint density at radius 2 is 1.53 bits per heavy atom. The second-order valence-electron chi connectivity index (χ2n) is 9.26. The first-order valence-electron chi connectivity index (χ1n) is 12.1. The molecule has 3 aromatic rings. The maximum Gasteiger partial charge on any atom is 0.264 e. The third-order valence-corrected chi connectivity index (χ3v) is 8.35. The van der Waals surface area contributed by atoms with E-state index in [1.54, 1.807) is 49.4 Å². The van der Waals surface area contributed by atoms with E-state index in [0.29, 0.717) is 17.8 Å². The van der Waals surface area contributed by atoms with Crippen LogP contribution in [0.15, 0.2) is 83.8 Å². The van der Waals surface area contributed by atoms with E-state index in [4.69, 9.17) is 0 Å². The molecule has 0 aromatic heterocycles. The molecule has 3 rings (SSSR count). The fraction of sp³-hybridized carbons (Fsp3) is 0.286. The summed E-state index contributed by atoms with van der Waals surface area (Å²) in [5.74, 6) is -1.14. The van der Waals surface area contributed by atoms with Gasteiger partial charge in [0.1, 0.15) is 18.4 Å². The van der Waals surface area contributed by atoms with Gasteiger partial charge in [-0.1, -0.05) is 44.2 Å². The summed E-state index contributed by atoms with van der Waals surface area (Å²) in [5, 5.41) is 2.83. The second kappa shape index (κ2) is 13.2. The molecule has 0 fully saturated rings. The van der Waals surface area contributed by atoms with Crippen LogP contribution < -0.4 is 9.62 Å². The number of anilines is 1. The average molecular weight is 652 g/mol. The smallest absolute Gasteiger partial charge is 0.264 e. The van der Waals surface area contributed by atoms with E-state index in [2.05, 4.69) is 27.9 Å². The van der Waals surface area contributed by atoms with Crippen LogP contribution in [-0.2, 0) is 26.2 Å². The molecule has 10 heteroatoms. The van der Waals surface area contributed by atoms with Crippen LogP contribution >= 0.6 is 22.6 Å². The number of hydrogen-bond acceptors (Lipinski definition) is 4. The maximum atomic E-state index is 13.8. The summed E-state index contributed by atoms with van der Waals surface area (Å²) in [6.45, 7) is 5.42. The van der Waals surface area contributed by atoms with Crippen molar-refractivity contribution in [3.63, 3.8) is 0 Å². The van der Waals surface area contributed by atoms with Crippen molar-refractivity contribution in [2.24, 2.45) is 5.92 Å². The molecule has 0 radical (unpaired) electrons. The Kier molecular flexibility index (Phi) is 10.3. The van der Waals surface area contributed by atoms with Gasteiger partial charge in [-0.05, 0) is 89.5 Å². The number of carbonyl (C=O) groups excluding carboxylic acids is 2. The SMILES string of the molecule is CC(C)CNC(=O)C(C)N(Cc1ccc(F)cc1)C(=O)CN(c1ccc(I)cc1)S(=O)(=O)c1ccccc1. The predicted octanol–water partition coefficient (Wildman–Crippen LogP) is 4.82. The summed E-state index contributed by atoms with van der Waals surface area (Å²) in [5.41, 5.74) is 0.927. The van der Waals surface area contributed by atoms with E-state index in [1.165, 1.54) is 41.3 Å². The zero-order valence-electron chi connectivity index (χ0n) is 21.5. The largest absolute Gasteiger partial charge is 0.354 e. The van der Waals surface area contributed by atoms with Gasteiger partial charge in [-0.2, -0.15) is 0 Å². The van der Waals surface area contributed by atoms with Crippen molar-refractivity contribution < 1.29 is 22.4 Å². The Hall–Kier alpha value is -2.99. The van der Waals surface area contributed by atoms with Crippen LogP contribution in [0.2, 0.25) is 0 Å². The van der Waals surface area contributed by atoms with Crippen molar-refractivity contribution in [3.8, 4) is 0 Å². The number of benzene rings is 3. The molecule has 2 amide bonds. The highest BCUT2D eigenvalue weighted by molar-refractivity contribution is 14.1. The highest BCUT2D eigenvalue weighted by Gasteiger charge is 2.32. The lowest BCUT2D eigenvalue weighted by Crippen LogP contribution is -2.51. The standard InChI is InChI=1S/C28H31FIN3O4S/c1-20(2)17-31-28(35)21(3)32(18-22-9-11-23(29)12-10-22)27(34)19-33(25-15-13-24(30)14-16-25)38(36,37)26-7-5-4-6-8-26/h4-16,20-21H,17-19H2,1-3H3,(H,31,35). The lowest BCUT2D eigenvalue weighted by atomic mass is 10.1. The second-order valence-corrected chi connectivity index (χ2v) is 12.4. The third-order valence-electron chi connectivity index (χ3n) is 5.84. The fourth-order valence-electron chi connectivity index (χ4n) is 3.68. The van der Waals surface area contributed by atoms with Crippen LogP contribution in [-0.4, -0.2) is 44.3 Å². The fourth-order valence-corrected chi connectivity index (χ4v) is 5.47. The number of rotatable bonds is 11. The summed E-state index contributed by atoms with van der Waals surface area (Å²) in [7, 11) is -4.11. The molecule has 38 heavy (non-hydrogen) atoms. The van der Waals surface area contributed by atoms with E-state index >= 15 is 0 Å². The summed E-state index contributed by atoms with van der Waals surface area (Å²) < 4.78 is 42.8. The summed E-state index contributed by atoms with van der Waals surface area (Å²) in [6, 6.07) is 19.4. The van der Waals surface area contributed by atoms with Gasteiger partial charge < -0.3 is 10.2 Å². The van der Waals surface area contributed by atoms with Gasteiger partial charge in [-0.25, -0.2) is 12.8 Å². The highest BCUT2D eigenvalue weighted by Crippen LogP contribution is 2.25. The molecule has 1 N–H and O–H groups in total. The predicted molar refractivity (Wildman–Crippen MR) is 154 cm³/mol. The van der Waals surface area contributed by atoms with Gasteiger partial charge in [0.15, 0.2) is 0 Å². The molecule has 0 saturated carbocycles. The molecule has 7 nitrogen and oxygen atoms in total. The van der Waals surface area contributed by atoms with E-state index < -0.39 is 34.3 Å². The number of amides is 2. The van der Waals surface area contributed by atoms with Crippen LogP contribution in [0.3, 0.4) is 0 Å². The van der Waals surface area contributed by atoms with Crippen molar-refractivity contribution in [2.75, 3.05) is 17.4 Å². The van der Waals surface area contributed by atoms with Crippen molar-refractivity contribution in [3.05, 3.63) is 93.8 Å². The zero-order chi connectivity index (χ0) is 27.9. The van der Waals surface area contributed by atoms with Crippen LogP contribution in [0.25, 0.3) is 0 Å². The van der Waals surface area contributed by atoms with E-state index in [0.717, 1.165) is 7.88 Å². The average Bonchev–Trinajstić information content (AvgIpc) is 2.90. The van der Waals surface area contributed by atoms with Crippen LogP contribution in [0.5, 0.6) is 0 Å². The highest BCUT2D eigenvalue weighted by atomic mass is 127. The maximum absolute atomic E-state index is 13.8. The molecule has 1 unspecified atom stereocenters. The number of halogens is 2. The van der Waals surface area contributed by atoms with Gasteiger partial charge in [-0.15, -0.1) is 0 Å². The Morgan fingerprint density at radius 1 is 0.921 bits per heavy atom. The number of sulfonamides is 1. The van der Waals surface area contributed by atoms with Gasteiger partial charge >= 0.3 is 0 Å². The number of nitrogens with one attached hydrogen (secondary N) is 1. The molecule has 0 heterocycles. The van der Waals surface area contributed by atoms with Gasteiger partial charge in [-0.3, -0.25) is 13.9 Å². The topological polar surface area (TPSA) is 86.8 Å². The summed E-state index contributed by atoms with van der Waals surface area (Å²) in [4.78, 5) is 28.1. The Labute approximate surface area is 237 Å². The van der Waals surface area contributed by atoms with Crippen LogP contribution in [0, 0.1) is 15.3 Å². The summed E-state index contributed by atoms with van der Waals surface area (Å²) >= 11 is 2.12. The van der Waals surface area contributed by atoms with Gasteiger partial charge in [0.2, 0.25) is 11.8 Å². The van der Waals surface area contributed by atoms with E-state index in [1.807, 2.05) is 13.8 Å². The quantitative estimate of drug-likeness (QED) is 0.302. The number of carbonyl (C=O) groups is 2. The van der Waals surface area contributed by atoms with Crippen molar-refractivity contribution >= 4 is 50.1 Å². The van der Waals surface area contributed by atoms with Crippen LogP contribution in [0.1, 0.15) is 26.3 Å². The lowest BCUT2D eigenvalue weighted by Gasteiger charge is -2.32. The molecule has 1 atom stereocenters. The molecule has 0 aliphatic rings. The molecular weight excluding hydrogens is 620 g/mol. The molecule has 0 saturated heterocycles. The van der Waals surface area contributed by atoms with E-state index in [9.17, 15) is 22.4 Å². The molecule has 0 spiro atoms. The monoisotopic (exact) mass is 651 g/mol. The Balaban J connectivity index is 1.98. The van der Waals surface area contributed by atoms with Crippen LogP contribution in [0.4, 0.5) is 10.1 Å². The molecular formula is C28H31FIN3O4S. The normalized spacial score (nSPS) is 12.2. The van der Waals surface area contributed by atoms with Crippen molar-refractivity contribution in [1.29, 1.82) is 0 Å². The Bertz CT molecular complexity index is 1330. The molecule has 0 aliphatic heterocycles. The van der Waals surface area contributed by atoms with Gasteiger partial charge in [0.25, 0.3) is 10.0 Å². The van der Waals surface area contributed by atoms with E-state index in [-0.39, 0.29) is 23.3 Å². The van der Waals surface area contributed by atoms with Gasteiger partial charge in [0, 0.05) is 16.7 Å². The molecule has 0 aliphatic carbocycles. The number of hydrogen-bond donors (Lipinski definition) is 1. The minimum atomic E-state index is -4.11. The van der Waals surface area contributed by atoms with Gasteiger partial charge in [0.05, 0.1) is 10.6 Å². The minimum Gasteiger partial charge on any atom is -0.354 e. The summed E-state index contributed by atoms with van der Waals surface area (Å²) in [6.07, 6.45) is 0. The molecule has 3 aromatic carbocycles. The first kappa shape index (κ1) is 29.6. The first-order valence-corrected chi connectivity index (χ1v) is 14.7. The Morgan fingerprint density at radius 3 is 2.11 bits per heavy atom. The molecule has 0 bridgehead atoms. The molecule has 202 valence electrons. The lowest BCUT2D eigenvalue weighted by molar-refractivity contribution is -0.139. The van der Waals surface area contributed by atoms with Crippen molar-refractivity contribution in [2.45, 2.75) is 38.3 Å².